The van der Waals surface area contributed by atoms with Crippen molar-refractivity contribution in [1.82, 2.24) is 0 Å². The van der Waals surface area contributed by atoms with Crippen LogP contribution < -0.4 is 0 Å². The molecule has 1 aromatic rings. The molecular formula is C9H6BrFO4. The summed E-state index contributed by atoms with van der Waals surface area (Å²) in [6, 6.07) is 3.26. The van der Waals surface area contributed by atoms with Gasteiger partial charge in [-0.05, 0) is 23.8 Å². The van der Waals surface area contributed by atoms with Crippen molar-refractivity contribution in [3.63, 3.8) is 0 Å². The van der Waals surface area contributed by atoms with Crippen LogP contribution in [0.5, 0.6) is 0 Å². The summed E-state index contributed by atoms with van der Waals surface area (Å²) in [6.07, 6.45) is 0. The van der Waals surface area contributed by atoms with Gasteiger partial charge in [-0.25, -0.2) is 4.39 Å². The number of carbonyl (C=O) groups is 2. The van der Waals surface area contributed by atoms with Gasteiger partial charge in [-0.2, -0.15) is 0 Å². The number of rotatable bonds is 3. The third-order valence-electron chi connectivity index (χ3n) is 1.76. The molecule has 1 aromatic carbocycles. The lowest BCUT2D eigenvalue weighted by Gasteiger charge is -2.09. The molecule has 80 valence electrons. The molecule has 0 amide bonds. The van der Waals surface area contributed by atoms with Gasteiger partial charge in [-0.15, -0.1) is 0 Å². The minimum Gasteiger partial charge on any atom is -0.480 e. The summed E-state index contributed by atoms with van der Waals surface area (Å²) in [5.41, 5.74) is -0.116. The highest BCUT2D eigenvalue weighted by Crippen LogP contribution is 2.26. The zero-order chi connectivity index (χ0) is 11.6. The van der Waals surface area contributed by atoms with Gasteiger partial charge in [0.15, 0.2) is 5.92 Å². The molecule has 4 nitrogen and oxygen atoms in total. The van der Waals surface area contributed by atoms with Crippen LogP contribution in [-0.4, -0.2) is 22.2 Å². The summed E-state index contributed by atoms with van der Waals surface area (Å²) < 4.78 is 13.1. The van der Waals surface area contributed by atoms with Crippen LogP contribution in [0.1, 0.15) is 11.5 Å². The first-order valence-electron chi connectivity index (χ1n) is 3.84. The lowest BCUT2D eigenvalue weighted by Crippen LogP contribution is -2.21. The normalized spacial score (nSPS) is 10.3. The third kappa shape index (κ3) is 2.53. The molecule has 0 saturated carbocycles. The fourth-order valence-electron chi connectivity index (χ4n) is 1.11. The Morgan fingerprint density at radius 1 is 1.27 bits per heavy atom. The molecule has 0 aromatic heterocycles. The highest BCUT2D eigenvalue weighted by molar-refractivity contribution is 9.10. The Balaban J connectivity index is 3.28. The topological polar surface area (TPSA) is 74.6 Å². The van der Waals surface area contributed by atoms with E-state index in [2.05, 4.69) is 15.9 Å². The standard InChI is InChI=1S/C9H6BrFO4/c10-6-2-1-4(11)3-5(6)7(8(12)13)9(14)15/h1-3,7H,(H,12,13)(H,14,15). The predicted octanol–water partition coefficient (Wildman–Crippen LogP) is 1.84. The Kier molecular flexibility index (Phi) is 3.41. The molecule has 6 heteroatoms. The van der Waals surface area contributed by atoms with Gasteiger partial charge in [0.1, 0.15) is 5.82 Å². The van der Waals surface area contributed by atoms with E-state index in [0.29, 0.717) is 0 Å². The highest BCUT2D eigenvalue weighted by Gasteiger charge is 2.29. The Labute approximate surface area is 92.5 Å². The van der Waals surface area contributed by atoms with E-state index in [-0.39, 0.29) is 10.0 Å². The molecule has 0 aliphatic heterocycles. The quantitative estimate of drug-likeness (QED) is 0.827. The van der Waals surface area contributed by atoms with Crippen LogP contribution in [0.15, 0.2) is 22.7 Å². The number of carboxylic acids is 2. The van der Waals surface area contributed by atoms with E-state index in [1.807, 2.05) is 0 Å². The van der Waals surface area contributed by atoms with Crippen molar-refractivity contribution in [1.29, 1.82) is 0 Å². The molecule has 0 radical (unpaired) electrons. The van der Waals surface area contributed by atoms with Crippen LogP contribution in [0, 0.1) is 5.82 Å². The summed E-state index contributed by atoms with van der Waals surface area (Å²) in [4.78, 5) is 21.4. The molecule has 1 rings (SSSR count). The first kappa shape index (κ1) is 11.6. The first-order chi connectivity index (χ1) is 6.93. The minimum atomic E-state index is -1.77. The lowest BCUT2D eigenvalue weighted by molar-refractivity contribution is -0.150. The van der Waals surface area contributed by atoms with Gasteiger partial charge in [-0.1, -0.05) is 15.9 Å². The molecule has 0 unspecified atom stereocenters. The van der Waals surface area contributed by atoms with Gasteiger partial charge in [0.25, 0.3) is 0 Å². The molecular weight excluding hydrogens is 271 g/mol. The van der Waals surface area contributed by atoms with Crippen molar-refractivity contribution in [3.05, 3.63) is 34.1 Å². The van der Waals surface area contributed by atoms with Crippen LogP contribution in [0.2, 0.25) is 0 Å². The van der Waals surface area contributed by atoms with Gasteiger partial charge in [-0.3, -0.25) is 9.59 Å². The van der Waals surface area contributed by atoms with Crippen molar-refractivity contribution in [2.45, 2.75) is 5.92 Å². The van der Waals surface area contributed by atoms with Gasteiger partial charge in [0.2, 0.25) is 0 Å². The predicted molar refractivity (Wildman–Crippen MR) is 52.1 cm³/mol. The average molecular weight is 277 g/mol. The Morgan fingerprint density at radius 3 is 2.27 bits per heavy atom. The maximum absolute atomic E-state index is 12.8. The van der Waals surface area contributed by atoms with Crippen LogP contribution in [0.25, 0.3) is 0 Å². The van der Waals surface area contributed by atoms with E-state index in [1.165, 1.54) is 6.07 Å². The molecule has 0 heterocycles. The van der Waals surface area contributed by atoms with Gasteiger partial charge >= 0.3 is 11.9 Å². The first-order valence-corrected chi connectivity index (χ1v) is 4.63. The SMILES string of the molecule is O=C(O)C(C(=O)O)c1cc(F)ccc1Br. The molecule has 0 spiro atoms. The number of carboxylic acid groups (broad SMARTS) is 2. The summed E-state index contributed by atoms with van der Waals surface area (Å²) in [5.74, 6) is -5.52. The highest BCUT2D eigenvalue weighted by atomic mass is 79.9. The smallest absolute Gasteiger partial charge is 0.322 e. The Morgan fingerprint density at radius 2 is 1.80 bits per heavy atom. The van der Waals surface area contributed by atoms with Gasteiger partial charge in [0, 0.05) is 4.47 Å². The zero-order valence-corrected chi connectivity index (χ0v) is 8.86. The Bertz CT molecular complexity index is 405. The van der Waals surface area contributed by atoms with Crippen molar-refractivity contribution in [3.8, 4) is 0 Å². The minimum absolute atomic E-state index is 0.116. The van der Waals surface area contributed by atoms with Crippen molar-refractivity contribution in [2.24, 2.45) is 0 Å². The fraction of sp³-hybridized carbons (Fsp3) is 0.111. The number of halogens is 2. The van der Waals surface area contributed by atoms with E-state index < -0.39 is 23.7 Å². The number of hydrogen-bond donors (Lipinski definition) is 2. The second-order valence-corrected chi connectivity index (χ2v) is 3.63. The molecule has 0 aliphatic carbocycles. The number of hydrogen-bond acceptors (Lipinski definition) is 2. The molecule has 0 bridgehead atoms. The zero-order valence-electron chi connectivity index (χ0n) is 7.28. The van der Waals surface area contributed by atoms with Gasteiger partial charge < -0.3 is 10.2 Å². The summed E-state index contributed by atoms with van der Waals surface area (Å²) >= 11 is 2.97. The van der Waals surface area contributed by atoms with E-state index in [0.717, 1.165) is 12.1 Å². The maximum Gasteiger partial charge on any atom is 0.322 e. The van der Waals surface area contributed by atoms with E-state index in [1.54, 1.807) is 0 Å². The van der Waals surface area contributed by atoms with Crippen LogP contribution in [0.3, 0.4) is 0 Å². The van der Waals surface area contributed by atoms with E-state index >= 15 is 0 Å². The van der Waals surface area contributed by atoms with Crippen LogP contribution >= 0.6 is 15.9 Å². The molecule has 0 aliphatic rings. The van der Waals surface area contributed by atoms with Crippen molar-refractivity contribution >= 4 is 27.9 Å². The summed E-state index contributed by atoms with van der Waals surface area (Å²) in [7, 11) is 0. The molecule has 2 N–H and O–H groups in total. The van der Waals surface area contributed by atoms with Gasteiger partial charge in [0.05, 0.1) is 0 Å². The molecule has 0 saturated heterocycles. The summed E-state index contributed by atoms with van der Waals surface area (Å²) in [5, 5.41) is 17.4. The molecule has 0 fully saturated rings. The fourth-order valence-corrected chi connectivity index (χ4v) is 1.58. The monoisotopic (exact) mass is 276 g/mol. The van der Waals surface area contributed by atoms with Crippen molar-refractivity contribution < 1.29 is 24.2 Å². The second-order valence-electron chi connectivity index (χ2n) is 2.78. The Hall–Kier alpha value is -1.43. The lowest BCUT2D eigenvalue weighted by atomic mass is 9.99. The summed E-state index contributed by atoms with van der Waals surface area (Å²) in [6.45, 7) is 0. The largest absolute Gasteiger partial charge is 0.480 e. The van der Waals surface area contributed by atoms with Crippen molar-refractivity contribution in [2.75, 3.05) is 0 Å². The van der Waals surface area contributed by atoms with E-state index in [9.17, 15) is 14.0 Å². The maximum atomic E-state index is 12.8. The van der Waals surface area contributed by atoms with E-state index in [4.69, 9.17) is 10.2 Å². The molecule has 15 heavy (non-hydrogen) atoms. The number of aliphatic carboxylic acids is 2. The van der Waals surface area contributed by atoms with Crippen LogP contribution in [0.4, 0.5) is 4.39 Å². The number of benzene rings is 1. The van der Waals surface area contributed by atoms with Crippen LogP contribution in [-0.2, 0) is 9.59 Å². The average Bonchev–Trinajstić information content (AvgIpc) is 2.10. The third-order valence-corrected chi connectivity index (χ3v) is 2.49. The second kappa shape index (κ2) is 4.39. The molecule has 0 atom stereocenters.